The summed E-state index contributed by atoms with van der Waals surface area (Å²) in [4.78, 5) is 50.4. The van der Waals surface area contributed by atoms with Crippen LogP contribution in [0, 0.1) is 13.8 Å². The number of nitrogens with zero attached hydrogens (tertiary/aromatic N) is 4. The Bertz CT molecular complexity index is 1460. The highest BCUT2D eigenvalue weighted by atomic mass is 16.4. The highest BCUT2D eigenvalue weighted by Gasteiger charge is 2.26. The zero-order valence-electron chi connectivity index (χ0n) is 22.6. The molecule has 0 spiro atoms. The van der Waals surface area contributed by atoms with Crippen LogP contribution in [0.1, 0.15) is 39.7 Å². The van der Waals surface area contributed by atoms with Gasteiger partial charge in [-0.3, -0.25) is 9.59 Å². The lowest BCUT2D eigenvalue weighted by Crippen LogP contribution is -2.48. The molecule has 3 N–H and O–H groups in total. The lowest BCUT2D eigenvalue weighted by molar-refractivity contribution is 0.0950. The number of piperazine rings is 1. The van der Waals surface area contributed by atoms with Gasteiger partial charge in [0.05, 0.1) is 0 Å². The Morgan fingerprint density at radius 3 is 2.46 bits per heavy atom. The maximum absolute atomic E-state index is 13.5. The topological polar surface area (TPSA) is 122 Å². The van der Waals surface area contributed by atoms with E-state index in [4.69, 9.17) is 0 Å². The van der Waals surface area contributed by atoms with Gasteiger partial charge >= 0.3 is 6.09 Å². The summed E-state index contributed by atoms with van der Waals surface area (Å²) in [5.74, 6) is 0.600. The minimum atomic E-state index is -0.892. The number of aromatic nitrogens is 2. The number of fused-ring (bicyclic) bond motifs is 1. The molecule has 1 aromatic carbocycles. The monoisotopic (exact) mass is 530 g/mol. The van der Waals surface area contributed by atoms with Gasteiger partial charge in [-0.1, -0.05) is 0 Å². The number of amides is 2. The van der Waals surface area contributed by atoms with E-state index in [0.29, 0.717) is 37.3 Å². The van der Waals surface area contributed by atoms with Crippen molar-refractivity contribution >= 4 is 23.5 Å². The van der Waals surface area contributed by atoms with Crippen LogP contribution in [0.5, 0.6) is 0 Å². The smallest absolute Gasteiger partial charge is 0.407 e. The molecule has 204 valence electrons. The third-order valence-corrected chi connectivity index (χ3v) is 7.70. The molecule has 10 heteroatoms. The van der Waals surface area contributed by atoms with Crippen molar-refractivity contribution in [3.05, 3.63) is 74.8 Å². The summed E-state index contributed by atoms with van der Waals surface area (Å²) in [5.41, 5.74) is 6.51. The van der Waals surface area contributed by atoms with Crippen molar-refractivity contribution in [2.75, 3.05) is 49.1 Å². The van der Waals surface area contributed by atoms with E-state index in [-0.39, 0.29) is 18.0 Å². The van der Waals surface area contributed by atoms with Gasteiger partial charge in [0.2, 0.25) is 0 Å². The van der Waals surface area contributed by atoms with E-state index in [2.05, 4.69) is 38.1 Å². The highest BCUT2D eigenvalue weighted by Crippen LogP contribution is 2.36. The summed E-state index contributed by atoms with van der Waals surface area (Å²) < 4.78 is 0. The first-order valence-electron chi connectivity index (χ1n) is 13.3. The van der Waals surface area contributed by atoms with Crippen LogP contribution < -0.4 is 20.7 Å². The Kier molecular flexibility index (Phi) is 7.28. The zero-order chi connectivity index (χ0) is 27.7. The Labute approximate surface area is 227 Å². The van der Waals surface area contributed by atoms with Gasteiger partial charge in [-0.05, 0) is 74.2 Å². The number of likely N-dealkylation sites (N-methyl/N-ethyl adjacent to an activating group) is 1. The van der Waals surface area contributed by atoms with Gasteiger partial charge in [-0.15, -0.1) is 0 Å². The van der Waals surface area contributed by atoms with Gasteiger partial charge in [0.1, 0.15) is 5.82 Å². The Morgan fingerprint density at radius 1 is 1.05 bits per heavy atom. The number of nitrogens with one attached hydrogen (secondary N) is 2. The van der Waals surface area contributed by atoms with E-state index in [1.807, 2.05) is 44.3 Å². The molecule has 2 amide bonds. The maximum Gasteiger partial charge on any atom is 0.407 e. The van der Waals surface area contributed by atoms with Crippen molar-refractivity contribution in [3.8, 4) is 11.1 Å². The molecular formula is C29H34N6O4. The van der Waals surface area contributed by atoms with Crippen LogP contribution >= 0.6 is 0 Å². The molecule has 3 aromatic rings. The van der Waals surface area contributed by atoms with Crippen molar-refractivity contribution in [1.29, 1.82) is 0 Å². The molecule has 0 unspecified atom stereocenters. The zero-order valence-corrected chi connectivity index (χ0v) is 22.6. The van der Waals surface area contributed by atoms with Gasteiger partial charge in [0.25, 0.3) is 11.5 Å². The molecule has 0 atom stereocenters. The van der Waals surface area contributed by atoms with E-state index in [0.717, 1.165) is 59.0 Å². The lowest BCUT2D eigenvalue weighted by atomic mass is 9.97. The summed E-state index contributed by atoms with van der Waals surface area (Å²) >= 11 is 0. The van der Waals surface area contributed by atoms with Gasteiger partial charge in [0, 0.05) is 80.1 Å². The normalized spacial score (nSPS) is 14.9. The van der Waals surface area contributed by atoms with Crippen molar-refractivity contribution in [1.82, 2.24) is 20.2 Å². The number of rotatable bonds is 6. The number of hydrogen-bond acceptors (Lipinski definition) is 6. The molecule has 2 aromatic heterocycles. The second-order valence-electron chi connectivity index (χ2n) is 10.1. The predicted molar refractivity (Wildman–Crippen MR) is 151 cm³/mol. The van der Waals surface area contributed by atoms with E-state index in [1.165, 1.54) is 4.90 Å². The van der Waals surface area contributed by atoms with E-state index in [1.54, 1.807) is 0 Å². The van der Waals surface area contributed by atoms with Crippen LogP contribution in [-0.4, -0.2) is 71.2 Å². The molecule has 39 heavy (non-hydrogen) atoms. The molecule has 0 aliphatic carbocycles. The van der Waals surface area contributed by atoms with Crippen LogP contribution in [-0.2, 0) is 13.0 Å². The molecule has 0 radical (unpaired) electrons. The number of carbonyl (C=O) groups is 2. The minimum Gasteiger partial charge on any atom is -0.465 e. The number of hydrogen-bond donors (Lipinski definition) is 3. The highest BCUT2D eigenvalue weighted by molar-refractivity contribution is 5.99. The molecule has 2 aliphatic heterocycles. The fourth-order valence-corrected chi connectivity index (χ4v) is 5.50. The number of carbonyl (C=O) groups excluding carboxylic acids is 1. The number of aromatic amines is 1. The van der Waals surface area contributed by atoms with E-state index < -0.39 is 6.09 Å². The van der Waals surface area contributed by atoms with E-state index in [9.17, 15) is 19.5 Å². The standard InChI is InChI=1S/C29H34N6O4/c1-4-33-8-7-22-23(27(36)31-17-24-18(2)13-19(3)32-28(24)37)14-21(15-25(22)33)20-5-6-26(30-16-20)34-9-11-35(12-10-34)29(38)39/h5-6,13-16H,4,7-12,17H2,1-3H3,(H,31,36)(H,32,37)(H,38,39). The van der Waals surface area contributed by atoms with Crippen molar-refractivity contribution < 1.29 is 14.7 Å². The van der Waals surface area contributed by atoms with Crippen LogP contribution in [0.25, 0.3) is 11.1 Å². The predicted octanol–water partition coefficient (Wildman–Crippen LogP) is 3.17. The molecule has 2 aliphatic rings. The molecule has 4 heterocycles. The Hall–Kier alpha value is -4.34. The summed E-state index contributed by atoms with van der Waals surface area (Å²) in [5, 5.41) is 12.2. The Balaban J connectivity index is 1.40. The van der Waals surface area contributed by atoms with Gasteiger partial charge in [0.15, 0.2) is 0 Å². The summed E-state index contributed by atoms with van der Waals surface area (Å²) in [6, 6.07) is 9.89. The first kappa shape index (κ1) is 26.3. The third kappa shape index (κ3) is 5.32. The molecule has 10 nitrogen and oxygen atoms in total. The quantitative estimate of drug-likeness (QED) is 0.448. The summed E-state index contributed by atoms with van der Waals surface area (Å²) in [6.07, 6.45) is 1.70. The number of pyridine rings is 2. The Morgan fingerprint density at radius 2 is 1.82 bits per heavy atom. The second-order valence-corrected chi connectivity index (χ2v) is 10.1. The number of aryl methyl sites for hydroxylation is 2. The largest absolute Gasteiger partial charge is 0.465 e. The molecule has 1 fully saturated rings. The summed E-state index contributed by atoms with van der Waals surface area (Å²) in [7, 11) is 0. The third-order valence-electron chi connectivity index (χ3n) is 7.70. The number of carboxylic acid groups (broad SMARTS) is 1. The van der Waals surface area contributed by atoms with Crippen molar-refractivity contribution in [2.24, 2.45) is 0 Å². The number of anilines is 2. The van der Waals surface area contributed by atoms with Crippen molar-refractivity contribution in [2.45, 2.75) is 33.7 Å². The van der Waals surface area contributed by atoms with Gasteiger partial charge in [-0.25, -0.2) is 9.78 Å². The fraction of sp³-hybridized carbons (Fsp3) is 0.379. The van der Waals surface area contributed by atoms with Gasteiger partial charge < -0.3 is 30.1 Å². The molecule has 0 saturated carbocycles. The lowest BCUT2D eigenvalue weighted by Gasteiger charge is -2.33. The van der Waals surface area contributed by atoms with Crippen LogP contribution in [0.15, 0.2) is 41.3 Å². The SMILES string of the molecule is CCN1CCc2c(C(=O)NCc3c(C)cc(C)[nH]c3=O)cc(-c3ccc(N4CCN(C(=O)O)CC4)nc3)cc21. The summed E-state index contributed by atoms with van der Waals surface area (Å²) in [6.45, 7) is 9.76. The van der Waals surface area contributed by atoms with Crippen LogP contribution in [0.2, 0.25) is 0 Å². The first-order valence-corrected chi connectivity index (χ1v) is 13.3. The first-order chi connectivity index (χ1) is 18.7. The molecule has 5 rings (SSSR count). The minimum absolute atomic E-state index is 0.155. The molecule has 1 saturated heterocycles. The van der Waals surface area contributed by atoms with E-state index >= 15 is 0 Å². The average Bonchev–Trinajstić information content (AvgIpc) is 3.35. The maximum atomic E-state index is 13.5. The van der Waals surface area contributed by atoms with Crippen LogP contribution in [0.3, 0.4) is 0 Å². The van der Waals surface area contributed by atoms with Gasteiger partial charge in [-0.2, -0.15) is 0 Å². The molecule has 0 bridgehead atoms. The number of H-pyrrole nitrogens is 1. The second kappa shape index (κ2) is 10.8. The van der Waals surface area contributed by atoms with Crippen LogP contribution in [0.4, 0.5) is 16.3 Å². The number of benzene rings is 1. The fourth-order valence-electron chi connectivity index (χ4n) is 5.50. The van der Waals surface area contributed by atoms with Crippen molar-refractivity contribution in [3.63, 3.8) is 0 Å². The average molecular weight is 531 g/mol. The molecular weight excluding hydrogens is 496 g/mol.